The number of anilines is 2. The van der Waals surface area contributed by atoms with Crippen LogP contribution in [-0.2, 0) is 6.42 Å². The van der Waals surface area contributed by atoms with Crippen molar-refractivity contribution in [2.45, 2.75) is 33.6 Å². The molecule has 0 aliphatic carbocycles. The van der Waals surface area contributed by atoms with Crippen molar-refractivity contribution in [1.82, 2.24) is 15.0 Å². The van der Waals surface area contributed by atoms with Crippen LogP contribution in [0.2, 0.25) is 0 Å². The number of aryl methyl sites for hydroxylation is 2. The standard InChI is InChI=1S/C12H13N5O.C10H13FO/c1-7-5-10(16-6-9(7)8(2)13)17-11-12(18)15-4-3-14-11;1-3-4-8-7-9(11)5-6-10(8)12-2/h3-6,13H,1-2H3,(H,15,18)(H,14,16,17);5-7H,3-4H2,1-2H3. The minimum atomic E-state index is -0.302. The van der Waals surface area contributed by atoms with E-state index in [1.807, 2.05) is 6.92 Å². The molecule has 0 atom stereocenters. The zero-order valence-corrected chi connectivity index (χ0v) is 17.5. The molecule has 3 N–H and O–H groups in total. The van der Waals surface area contributed by atoms with Crippen molar-refractivity contribution in [1.29, 1.82) is 5.41 Å². The number of pyridine rings is 1. The van der Waals surface area contributed by atoms with Gasteiger partial charge in [-0.3, -0.25) is 4.79 Å². The summed E-state index contributed by atoms with van der Waals surface area (Å²) in [7, 11) is 1.60. The monoisotopic (exact) mass is 411 g/mol. The molecule has 2 heterocycles. The molecule has 1 aromatic carbocycles. The van der Waals surface area contributed by atoms with Crippen LogP contribution in [0.1, 0.15) is 37.0 Å². The second kappa shape index (κ2) is 10.8. The fourth-order valence-electron chi connectivity index (χ4n) is 2.79. The van der Waals surface area contributed by atoms with Gasteiger partial charge in [0.1, 0.15) is 17.4 Å². The molecule has 0 aliphatic heterocycles. The maximum atomic E-state index is 12.8. The number of halogens is 1. The highest BCUT2D eigenvalue weighted by Gasteiger charge is 2.06. The van der Waals surface area contributed by atoms with E-state index in [4.69, 9.17) is 10.1 Å². The molecule has 7 nitrogen and oxygen atoms in total. The molecule has 0 radical (unpaired) electrons. The molecular weight excluding hydrogens is 385 g/mol. The SMILES string of the molecule is CC(=N)c1cnc(Nc2ncc[nH]c2=O)cc1C.CCCc1cc(F)ccc1OC. The van der Waals surface area contributed by atoms with Crippen molar-refractivity contribution in [3.05, 3.63) is 75.7 Å². The van der Waals surface area contributed by atoms with Crippen LogP contribution in [0.15, 0.2) is 47.7 Å². The molecule has 0 fully saturated rings. The topological polar surface area (TPSA) is 104 Å². The Morgan fingerprint density at radius 1 is 1.30 bits per heavy atom. The summed E-state index contributed by atoms with van der Waals surface area (Å²) in [5, 5.41) is 10.4. The van der Waals surface area contributed by atoms with E-state index in [2.05, 4.69) is 27.2 Å². The highest BCUT2D eigenvalue weighted by atomic mass is 19.1. The van der Waals surface area contributed by atoms with E-state index in [1.54, 1.807) is 32.4 Å². The van der Waals surface area contributed by atoms with Gasteiger partial charge in [0.2, 0.25) is 0 Å². The summed E-state index contributed by atoms with van der Waals surface area (Å²) in [5.74, 6) is 1.31. The van der Waals surface area contributed by atoms with Gasteiger partial charge in [-0.15, -0.1) is 0 Å². The van der Waals surface area contributed by atoms with Crippen LogP contribution in [-0.4, -0.2) is 27.8 Å². The summed E-state index contributed by atoms with van der Waals surface area (Å²) in [6.45, 7) is 5.66. The molecule has 0 saturated heterocycles. The Labute approximate surface area is 174 Å². The highest BCUT2D eigenvalue weighted by Crippen LogP contribution is 2.20. The van der Waals surface area contributed by atoms with Gasteiger partial charge in [0.15, 0.2) is 5.82 Å². The third-order valence-electron chi connectivity index (χ3n) is 4.23. The van der Waals surface area contributed by atoms with Gasteiger partial charge in [0.25, 0.3) is 5.56 Å². The van der Waals surface area contributed by atoms with Crippen LogP contribution < -0.4 is 15.6 Å². The van der Waals surface area contributed by atoms with Crippen LogP contribution >= 0.6 is 0 Å². The predicted octanol–water partition coefficient (Wildman–Crippen LogP) is 4.39. The Kier molecular flexibility index (Phi) is 8.22. The average molecular weight is 411 g/mol. The van der Waals surface area contributed by atoms with Gasteiger partial charge in [-0.05, 0) is 55.7 Å². The Hall–Kier alpha value is -3.55. The lowest BCUT2D eigenvalue weighted by Crippen LogP contribution is -2.13. The predicted molar refractivity (Wildman–Crippen MR) is 117 cm³/mol. The fraction of sp³-hybridized carbons (Fsp3) is 0.273. The Bertz CT molecular complexity index is 1070. The lowest BCUT2D eigenvalue weighted by Gasteiger charge is -2.07. The molecule has 0 bridgehead atoms. The smallest absolute Gasteiger partial charge is 0.291 e. The summed E-state index contributed by atoms with van der Waals surface area (Å²) in [4.78, 5) is 22.0. The number of hydrogen-bond acceptors (Lipinski definition) is 6. The largest absolute Gasteiger partial charge is 0.496 e. The lowest BCUT2D eigenvalue weighted by atomic mass is 10.1. The molecule has 8 heteroatoms. The molecule has 0 unspecified atom stereocenters. The van der Waals surface area contributed by atoms with E-state index in [1.165, 1.54) is 24.5 Å². The molecule has 3 rings (SSSR count). The van der Waals surface area contributed by atoms with Crippen LogP contribution in [0.25, 0.3) is 0 Å². The van der Waals surface area contributed by atoms with Crippen molar-refractivity contribution < 1.29 is 9.13 Å². The molecule has 158 valence electrons. The summed E-state index contributed by atoms with van der Waals surface area (Å²) in [6, 6.07) is 6.39. The normalized spacial score (nSPS) is 10.0. The summed E-state index contributed by atoms with van der Waals surface area (Å²) < 4.78 is 17.8. The maximum absolute atomic E-state index is 12.8. The van der Waals surface area contributed by atoms with E-state index >= 15 is 0 Å². The van der Waals surface area contributed by atoms with Crippen molar-refractivity contribution in [3.63, 3.8) is 0 Å². The Balaban J connectivity index is 0.000000232. The molecular formula is C22H26FN5O2. The quantitative estimate of drug-likeness (QED) is 0.522. The number of aromatic amines is 1. The van der Waals surface area contributed by atoms with Crippen molar-refractivity contribution in [2.24, 2.45) is 0 Å². The van der Waals surface area contributed by atoms with Gasteiger partial charge in [-0.1, -0.05) is 13.3 Å². The summed E-state index contributed by atoms with van der Waals surface area (Å²) in [6.07, 6.45) is 6.43. The summed E-state index contributed by atoms with van der Waals surface area (Å²) in [5.41, 5.74) is 2.81. The van der Waals surface area contributed by atoms with Gasteiger partial charge in [0, 0.05) is 29.9 Å². The minimum absolute atomic E-state index is 0.195. The Morgan fingerprint density at radius 3 is 2.67 bits per heavy atom. The van der Waals surface area contributed by atoms with Gasteiger partial charge in [-0.25, -0.2) is 14.4 Å². The van der Waals surface area contributed by atoms with Crippen LogP contribution in [0, 0.1) is 18.2 Å². The number of benzene rings is 1. The van der Waals surface area contributed by atoms with Gasteiger partial charge >= 0.3 is 0 Å². The number of ether oxygens (including phenoxy) is 1. The molecule has 0 amide bonds. The minimum Gasteiger partial charge on any atom is -0.496 e. The molecule has 3 aromatic rings. The van der Waals surface area contributed by atoms with Gasteiger partial charge in [0.05, 0.1) is 7.11 Å². The van der Waals surface area contributed by atoms with Crippen molar-refractivity contribution >= 4 is 17.3 Å². The number of hydrogen-bond donors (Lipinski definition) is 3. The van der Waals surface area contributed by atoms with E-state index in [-0.39, 0.29) is 17.2 Å². The van der Waals surface area contributed by atoms with E-state index in [0.717, 1.165) is 35.3 Å². The first-order chi connectivity index (χ1) is 14.3. The molecule has 0 spiro atoms. The van der Waals surface area contributed by atoms with E-state index < -0.39 is 0 Å². The van der Waals surface area contributed by atoms with Crippen molar-refractivity contribution in [2.75, 3.05) is 12.4 Å². The lowest BCUT2D eigenvalue weighted by molar-refractivity contribution is 0.408. The number of nitrogens with one attached hydrogen (secondary N) is 3. The third-order valence-corrected chi connectivity index (χ3v) is 4.23. The molecule has 0 saturated carbocycles. The van der Waals surface area contributed by atoms with E-state index in [9.17, 15) is 9.18 Å². The number of rotatable bonds is 6. The third kappa shape index (κ3) is 6.23. The number of methoxy groups -OCH3 is 1. The number of nitrogens with zero attached hydrogens (tertiary/aromatic N) is 2. The summed E-state index contributed by atoms with van der Waals surface area (Å²) >= 11 is 0. The second-order valence-corrected chi connectivity index (χ2v) is 6.61. The molecule has 2 aromatic heterocycles. The zero-order valence-electron chi connectivity index (χ0n) is 17.5. The first-order valence-electron chi connectivity index (χ1n) is 9.51. The van der Waals surface area contributed by atoms with E-state index in [0.29, 0.717) is 11.5 Å². The second-order valence-electron chi connectivity index (χ2n) is 6.61. The molecule has 0 aliphatic rings. The van der Waals surface area contributed by atoms with Gasteiger partial charge in [-0.2, -0.15) is 0 Å². The average Bonchev–Trinajstić information content (AvgIpc) is 2.70. The maximum Gasteiger partial charge on any atom is 0.291 e. The van der Waals surface area contributed by atoms with Crippen LogP contribution in [0.5, 0.6) is 5.75 Å². The first kappa shape index (κ1) is 22.7. The Morgan fingerprint density at radius 2 is 2.07 bits per heavy atom. The van der Waals surface area contributed by atoms with Crippen LogP contribution in [0.3, 0.4) is 0 Å². The van der Waals surface area contributed by atoms with Crippen molar-refractivity contribution in [3.8, 4) is 5.75 Å². The molecule has 30 heavy (non-hydrogen) atoms. The first-order valence-corrected chi connectivity index (χ1v) is 9.51. The van der Waals surface area contributed by atoms with Gasteiger partial charge < -0.3 is 20.4 Å². The number of aromatic nitrogens is 3. The zero-order chi connectivity index (χ0) is 22.1. The number of H-pyrrole nitrogens is 1. The fourth-order valence-corrected chi connectivity index (χ4v) is 2.79. The highest BCUT2D eigenvalue weighted by molar-refractivity contribution is 5.97. The van der Waals surface area contributed by atoms with Crippen LogP contribution in [0.4, 0.5) is 16.0 Å².